The summed E-state index contributed by atoms with van der Waals surface area (Å²) >= 11 is 0. The van der Waals surface area contributed by atoms with Crippen LogP contribution in [0.15, 0.2) is 12.2 Å². The van der Waals surface area contributed by atoms with Crippen LogP contribution in [0.2, 0.25) is 0 Å². The lowest BCUT2D eigenvalue weighted by Crippen LogP contribution is -2.19. The Bertz CT molecular complexity index is 402. The van der Waals surface area contributed by atoms with Crippen molar-refractivity contribution in [1.29, 1.82) is 0 Å². The summed E-state index contributed by atoms with van der Waals surface area (Å²) in [4.78, 5) is 0. The molecule has 0 radical (unpaired) electrons. The number of allylic oxidation sites excluding steroid dienone is 1. The van der Waals surface area contributed by atoms with E-state index in [1.165, 1.54) is 16.8 Å². The maximum Gasteiger partial charge on any atom is 0.0641 e. The molecule has 0 atom stereocenters. The topological polar surface area (TPSA) is 29.9 Å². The predicted octanol–water partition coefficient (Wildman–Crippen LogP) is 3.21. The van der Waals surface area contributed by atoms with Gasteiger partial charge in [-0.25, -0.2) is 0 Å². The zero-order valence-electron chi connectivity index (χ0n) is 12.5. The normalized spacial score (nSPS) is 11.2. The zero-order chi connectivity index (χ0) is 13.7. The number of nitrogens with one attached hydrogen (secondary N) is 1. The highest BCUT2D eigenvalue weighted by Crippen LogP contribution is 2.14. The molecular weight excluding hydrogens is 222 g/mol. The Hall–Kier alpha value is -1.09. The number of hydrogen-bond acceptors (Lipinski definition) is 2. The fraction of sp³-hybridized carbons (Fsp3) is 0.667. The molecule has 3 nitrogen and oxygen atoms in total. The molecule has 0 aliphatic rings. The minimum absolute atomic E-state index is 0.681. The van der Waals surface area contributed by atoms with Gasteiger partial charge in [0, 0.05) is 17.8 Å². The second kappa shape index (κ2) is 6.74. The van der Waals surface area contributed by atoms with Gasteiger partial charge >= 0.3 is 0 Å². The molecule has 0 unspecified atom stereocenters. The molecule has 18 heavy (non-hydrogen) atoms. The van der Waals surface area contributed by atoms with Crippen molar-refractivity contribution in [3.63, 3.8) is 0 Å². The molecule has 1 aromatic heterocycles. The maximum atomic E-state index is 4.61. The second-order valence-corrected chi connectivity index (χ2v) is 5.44. The first-order chi connectivity index (χ1) is 8.45. The van der Waals surface area contributed by atoms with E-state index in [1.807, 2.05) is 0 Å². The number of hydrogen-bond donors (Lipinski definition) is 1. The van der Waals surface area contributed by atoms with E-state index in [9.17, 15) is 0 Å². The quantitative estimate of drug-likeness (QED) is 0.752. The minimum atomic E-state index is 0.681. The Morgan fingerprint density at radius 3 is 2.61 bits per heavy atom. The number of aryl methyl sites for hydroxylation is 1. The van der Waals surface area contributed by atoms with E-state index in [0.29, 0.717) is 5.92 Å². The van der Waals surface area contributed by atoms with Crippen molar-refractivity contribution in [3.05, 3.63) is 29.1 Å². The summed E-state index contributed by atoms with van der Waals surface area (Å²) < 4.78 is 2.08. The van der Waals surface area contributed by atoms with E-state index in [0.717, 1.165) is 31.7 Å². The molecule has 0 aliphatic heterocycles. The average Bonchev–Trinajstić information content (AvgIpc) is 2.56. The van der Waals surface area contributed by atoms with Crippen molar-refractivity contribution < 1.29 is 0 Å². The molecule has 1 aromatic rings. The third-order valence-corrected chi connectivity index (χ3v) is 3.26. The second-order valence-electron chi connectivity index (χ2n) is 5.44. The standard InChI is InChI=1S/C15H27N3/c1-7-12(4)10-18-14(6)15(13(5)17-18)9-16-8-11(2)3/h11,16H,4,7-10H2,1-3,5-6H3. The average molecular weight is 249 g/mol. The van der Waals surface area contributed by atoms with Crippen molar-refractivity contribution >= 4 is 0 Å². The van der Waals surface area contributed by atoms with Gasteiger partial charge in [0.25, 0.3) is 0 Å². The maximum absolute atomic E-state index is 4.61. The lowest BCUT2D eigenvalue weighted by Gasteiger charge is -2.09. The summed E-state index contributed by atoms with van der Waals surface area (Å²) in [6.45, 7) is 17.7. The SMILES string of the molecule is C=C(CC)Cn1nc(C)c(CNCC(C)C)c1C. The van der Waals surface area contributed by atoms with Gasteiger partial charge < -0.3 is 5.32 Å². The van der Waals surface area contributed by atoms with Crippen molar-refractivity contribution in [2.24, 2.45) is 5.92 Å². The van der Waals surface area contributed by atoms with Crippen LogP contribution in [0, 0.1) is 19.8 Å². The molecule has 0 bridgehead atoms. The van der Waals surface area contributed by atoms with Crippen LogP contribution in [-0.4, -0.2) is 16.3 Å². The molecule has 102 valence electrons. The molecule has 0 amide bonds. The number of aromatic nitrogens is 2. The Morgan fingerprint density at radius 2 is 2.06 bits per heavy atom. The Labute approximate surface area is 111 Å². The Balaban J connectivity index is 2.71. The van der Waals surface area contributed by atoms with Crippen LogP contribution in [0.25, 0.3) is 0 Å². The first kappa shape index (κ1) is 15.0. The summed E-state index contributed by atoms with van der Waals surface area (Å²) in [6.07, 6.45) is 1.01. The first-order valence-corrected chi connectivity index (χ1v) is 6.85. The fourth-order valence-electron chi connectivity index (χ4n) is 1.95. The van der Waals surface area contributed by atoms with Gasteiger partial charge in [-0.3, -0.25) is 4.68 Å². The predicted molar refractivity (Wildman–Crippen MR) is 77.7 cm³/mol. The minimum Gasteiger partial charge on any atom is -0.312 e. The van der Waals surface area contributed by atoms with E-state index >= 15 is 0 Å². The van der Waals surface area contributed by atoms with Gasteiger partial charge in [-0.05, 0) is 32.7 Å². The van der Waals surface area contributed by atoms with E-state index < -0.39 is 0 Å². The first-order valence-electron chi connectivity index (χ1n) is 6.85. The van der Waals surface area contributed by atoms with Crippen LogP contribution in [0.4, 0.5) is 0 Å². The van der Waals surface area contributed by atoms with Crippen molar-refractivity contribution in [3.8, 4) is 0 Å². The highest BCUT2D eigenvalue weighted by Gasteiger charge is 2.11. The summed E-state index contributed by atoms with van der Waals surface area (Å²) in [5.41, 5.74) is 4.95. The molecule has 1 rings (SSSR count). The van der Waals surface area contributed by atoms with Crippen molar-refractivity contribution in [1.82, 2.24) is 15.1 Å². The third kappa shape index (κ3) is 3.98. The van der Waals surface area contributed by atoms with Gasteiger partial charge in [-0.1, -0.05) is 32.9 Å². The van der Waals surface area contributed by atoms with E-state index in [-0.39, 0.29) is 0 Å². The molecule has 0 aliphatic carbocycles. The molecule has 0 spiro atoms. The summed E-state index contributed by atoms with van der Waals surface area (Å²) in [5.74, 6) is 0.681. The highest BCUT2D eigenvalue weighted by atomic mass is 15.3. The molecule has 0 fully saturated rings. The summed E-state index contributed by atoms with van der Waals surface area (Å²) in [5, 5.41) is 8.10. The van der Waals surface area contributed by atoms with Crippen LogP contribution in [0.5, 0.6) is 0 Å². The molecule has 1 N–H and O–H groups in total. The molecule has 3 heteroatoms. The van der Waals surface area contributed by atoms with E-state index in [2.05, 4.69) is 56.3 Å². The third-order valence-electron chi connectivity index (χ3n) is 3.26. The van der Waals surface area contributed by atoms with Gasteiger partial charge in [-0.2, -0.15) is 5.10 Å². The lowest BCUT2D eigenvalue weighted by molar-refractivity contribution is 0.550. The van der Waals surface area contributed by atoms with Crippen molar-refractivity contribution in [2.75, 3.05) is 6.54 Å². The highest BCUT2D eigenvalue weighted by molar-refractivity contribution is 5.24. The van der Waals surface area contributed by atoms with Gasteiger partial charge in [0.15, 0.2) is 0 Å². The van der Waals surface area contributed by atoms with Gasteiger partial charge in [0.05, 0.1) is 12.2 Å². The van der Waals surface area contributed by atoms with Crippen LogP contribution in [0.1, 0.15) is 44.1 Å². The van der Waals surface area contributed by atoms with Crippen LogP contribution < -0.4 is 5.32 Å². The van der Waals surface area contributed by atoms with Crippen LogP contribution in [-0.2, 0) is 13.1 Å². The largest absolute Gasteiger partial charge is 0.312 e. The summed E-state index contributed by atoms with van der Waals surface area (Å²) in [6, 6.07) is 0. The molecule has 0 saturated carbocycles. The van der Waals surface area contributed by atoms with Gasteiger partial charge in [0.2, 0.25) is 0 Å². The molecular formula is C15H27N3. The molecule has 0 saturated heterocycles. The van der Waals surface area contributed by atoms with E-state index in [4.69, 9.17) is 0 Å². The smallest absolute Gasteiger partial charge is 0.0641 e. The molecule has 0 aromatic carbocycles. The van der Waals surface area contributed by atoms with Crippen molar-refractivity contribution in [2.45, 2.75) is 54.1 Å². The lowest BCUT2D eigenvalue weighted by atomic mass is 10.1. The number of rotatable bonds is 7. The van der Waals surface area contributed by atoms with Gasteiger partial charge in [0.1, 0.15) is 0 Å². The van der Waals surface area contributed by atoms with Crippen LogP contribution >= 0.6 is 0 Å². The monoisotopic (exact) mass is 249 g/mol. The fourth-order valence-corrected chi connectivity index (χ4v) is 1.95. The zero-order valence-corrected chi connectivity index (χ0v) is 12.5. The Kier molecular flexibility index (Phi) is 5.60. The van der Waals surface area contributed by atoms with Crippen LogP contribution in [0.3, 0.4) is 0 Å². The van der Waals surface area contributed by atoms with E-state index in [1.54, 1.807) is 0 Å². The number of nitrogens with zero attached hydrogens (tertiary/aromatic N) is 2. The Morgan fingerprint density at radius 1 is 1.39 bits per heavy atom. The molecule has 1 heterocycles. The summed E-state index contributed by atoms with van der Waals surface area (Å²) in [7, 11) is 0. The van der Waals surface area contributed by atoms with Gasteiger partial charge in [-0.15, -0.1) is 0 Å².